The Kier molecular flexibility index (Phi) is 7.01. The molecule has 0 atom stereocenters. The predicted octanol–water partition coefficient (Wildman–Crippen LogP) is 1.82. The quantitative estimate of drug-likeness (QED) is 0.437. The molecule has 0 unspecified atom stereocenters. The average molecular weight is 309 g/mol. The Balaban J connectivity index is 3.15. The summed E-state index contributed by atoms with van der Waals surface area (Å²) in [5.74, 6) is -0.934. The van der Waals surface area contributed by atoms with E-state index in [0.717, 1.165) is 16.8 Å². The van der Waals surface area contributed by atoms with Crippen LogP contribution >= 0.6 is 0 Å². The second kappa shape index (κ2) is 8.51. The summed E-state index contributed by atoms with van der Waals surface area (Å²) in [6.45, 7) is 4.01. The number of para-hydroxylation sites is 1. The standard InChI is InChI=1S/C16H23NO5/c1-11-7-6-8-12(2)16(11)17(10-15(21-4)22-5)13(18)9-14(19)20-3/h6-8,15H,9-10H2,1-5H3. The first-order valence-electron chi connectivity index (χ1n) is 6.93. The first kappa shape index (κ1) is 18.1. The predicted molar refractivity (Wildman–Crippen MR) is 82.7 cm³/mol. The van der Waals surface area contributed by atoms with Gasteiger partial charge in [-0.25, -0.2) is 0 Å². The van der Waals surface area contributed by atoms with Crippen LogP contribution in [0.2, 0.25) is 0 Å². The molecule has 0 fully saturated rings. The number of carbonyl (C=O) groups is 2. The average Bonchev–Trinajstić information content (AvgIpc) is 2.49. The molecule has 22 heavy (non-hydrogen) atoms. The number of rotatable bonds is 7. The second-order valence-corrected chi connectivity index (χ2v) is 4.90. The van der Waals surface area contributed by atoms with Crippen molar-refractivity contribution in [2.45, 2.75) is 26.6 Å². The number of nitrogens with zero attached hydrogens (tertiary/aromatic N) is 1. The first-order valence-corrected chi connectivity index (χ1v) is 6.93. The van der Waals surface area contributed by atoms with E-state index in [2.05, 4.69) is 4.74 Å². The lowest BCUT2D eigenvalue weighted by Crippen LogP contribution is -2.40. The third-order valence-corrected chi connectivity index (χ3v) is 3.39. The van der Waals surface area contributed by atoms with Crippen molar-refractivity contribution in [2.75, 3.05) is 32.8 Å². The van der Waals surface area contributed by atoms with Crippen LogP contribution in [-0.4, -0.2) is 46.0 Å². The second-order valence-electron chi connectivity index (χ2n) is 4.90. The van der Waals surface area contributed by atoms with Crippen molar-refractivity contribution in [1.82, 2.24) is 0 Å². The summed E-state index contributed by atoms with van der Waals surface area (Å²) in [5.41, 5.74) is 2.63. The van der Waals surface area contributed by atoms with E-state index in [-0.39, 0.29) is 18.9 Å². The van der Waals surface area contributed by atoms with Gasteiger partial charge >= 0.3 is 5.97 Å². The van der Waals surface area contributed by atoms with Gasteiger partial charge in [0.2, 0.25) is 5.91 Å². The number of ether oxygens (including phenoxy) is 3. The van der Waals surface area contributed by atoms with Gasteiger partial charge in [-0.05, 0) is 25.0 Å². The maximum absolute atomic E-state index is 12.5. The highest BCUT2D eigenvalue weighted by molar-refractivity contribution is 6.04. The molecule has 0 N–H and O–H groups in total. The minimum absolute atomic E-state index is 0.189. The zero-order valence-electron chi connectivity index (χ0n) is 13.7. The summed E-state index contributed by atoms with van der Waals surface area (Å²) in [6.07, 6.45) is -0.912. The fraction of sp³-hybridized carbons (Fsp3) is 0.500. The van der Waals surface area contributed by atoms with Gasteiger partial charge in [0.25, 0.3) is 0 Å². The number of hydrogen-bond acceptors (Lipinski definition) is 5. The number of hydrogen-bond donors (Lipinski definition) is 0. The lowest BCUT2D eigenvalue weighted by atomic mass is 10.1. The Labute approximate surface area is 131 Å². The van der Waals surface area contributed by atoms with Gasteiger partial charge in [-0.1, -0.05) is 18.2 Å². The number of amides is 1. The fourth-order valence-electron chi connectivity index (χ4n) is 2.23. The van der Waals surface area contributed by atoms with Crippen LogP contribution in [0.5, 0.6) is 0 Å². The highest BCUT2D eigenvalue weighted by atomic mass is 16.7. The molecule has 0 radical (unpaired) electrons. The van der Waals surface area contributed by atoms with Crippen LogP contribution in [-0.2, 0) is 23.8 Å². The molecule has 0 saturated carbocycles. The largest absolute Gasteiger partial charge is 0.469 e. The third-order valence-electron chi connectivity index (χ3n) is 3.39. The van der Waals surface area contributed by atoms with E-state index in [4.69, 9.17) is 9.47 Å². The molecule has 1 amide bonds. The van der Waals surface area contributed by atoms with Crippen LogP contribution in [0.15, 0.2) is 18.2 Å². The Morgan fingerprint density at radius 1 is 1.09 bits per heavy atom. The monoisotopic (exact) mass is 309 g/mol. The molecule has 6 heteroatoms. The molecule has 1 aromatic rings. The van der Waals surface area contributed by atoms with Gasteiger partial charge in [-0.2, -0.15) is 0 Å². The lowest BCUT2D eigenvalue weighted by molar-refractivity contribution is -0.143. The molecule has 0 aliphatic heterocycles. The van der Waals surface area contributed by atoms with E-state index in [1.165, 1.54) is 26.2 Å². The molecule has 0 aliphatic carbocycles. The third kappa shape index (κ3) is 4.54. The maximum atomic E-state index is 12.5. The van der Waals surface area contributed by atoms with Crippen LogP contribution in [0.3, 0.4) is 0 Å². The smallest absolute Gasteiger partial charge is 0.315 e. The van der Waals surface area contributed by atoms with Crippen LogP contribution in [0.1, 0.15) is 17.5 Å². The van der Waals surface area contributed by atoms with Crippen LogP contribution in [0, 0.1) is 13.8 Å². The zero-order valence-corrected chi connectivity index (χ0v) is 13.7. The topological polar surface area (TPSA) is 65.1 Å². The highest BCUT2D eigenvalue weighted by Crippen LogP contribution is 2.26. The summed E-state index contributed by atoms with van der Waals surface area (Å²) < 4.78 is 14.9. The van der Waals surface area contributed by atoms with Crippen LogP contribution in [0.25, 0.3) is 0 Å². The van der Waals surface area contributed by atoms with E-state index in [9.17, 15) is 9.59 Å². The van der Waals surface area contributed by atoms with E-state index in [0.29, 0.717) is 0 Å². The molecule has 0 aliphatic rings. The summed E-state index contributed by atoms with van der Waals surface area (Å²) in [6, 6.07) is 5.74. The lowest BCUT2D eigenvalue weighted by Gasteiger charge is -2.28. The van der Waals surface area contributed by atoms with Crippen molar-refractivity contribution in [2.24, 2.45) is 0 Å². The maximum Gasteiger partial charge on any atom is 0.315 e. The number of benzene rings is 1. The van der Waals surface area contributed by atoms with E-state index >= 15 is 0 Å². The number of aryl methyl sites for hydroxylation is 2. The van der Waals surface area contributed by atoms with Gasteiger partial charge in [0.15, 0.2) is 6.29 Å². The van der Waals surface area contributed by atoms with Crippen molar-refractivity contribution >= 4 is 17.6 Å². The molecule has 0 saturated heterocycles. The summed E-state index contributed by atoms with van der Waals surface area (Å²) in [7, 11) is 4.26. The van der Waals surface area contributed by atoms with Gasteiger partial charge in [0.1, 0.15) is 6.42 Å². The summed E-state index contributed by atoms with van der Waals surface area (Å²) in [5, 5.41) is 0. The molecular weight excluding hydrogens is 286 g/mol. The van der Waals surface area contributed by atoms with Crippen molar-refractivity contribution in [3.63, 3.8) is 0 Å². The SMILES string of the molecule is COC(=O)CC(=O)N(CC(OC)OC)c1c(C)cccc1C. The number of esters is 1. The van der Waals surface area contributed by atoms with Crippen molar-refractivity contribution in [3.05, 3.63) is 29.3 Å². The van der Waals surface area contributed by atoms with Crippen molar-refractivity contribution in [1.29, 1.82) is 0 Å². The molecule has 0 spiro atoms. The Bertz CT molecular complexity index is 505. The van der Waals surface area contributed by atoms with Crippen LogP contribution in [0.4, 0.5) is 5.69 Å². The summed E-state index contributed by atoms with van der Waals surface area (Å²) in [4.78, 5) is 25.4. The molecule has 0 bridgehead atoms. The van der Waals surface area contributed by atoms with Gasteiger partial charge in [0, 0.05) is 19.9 Å². The Morgan fingerprint density at radius 2 is 1.64 bits per heavy atom. The molecule has 6 nitrogen and oxygen atoms in total. The van der Waals surface area contributed by atoms with Gasteiger partial charge in [0.05, 0.1) is 13.7 Å². The normalized spacial score (nSPS) is 10.6. The van der Waals surface area contributed by atoms with Gasteiger partial charge < -0.3 is 19.1 Å². The van der Waals surface area contributed by atoms with E-state index < -0.39 is 12.3 Å². The van der Waals surface area contributed by atoms with Crippen molar-refractivity contribution < 1.29 is 23.8 Å². The van der Waals surface area contributed by atoms with Crippen molar-refractivity contribution in [3.8, 4) is 0 Å². The number of anilines is 1. The molecule has 0 heterocycles. The zero-order chi connectivity index (χ0) is 16.7. The molecule has 0 aromatic heterocycles. The van der Waals surface area contributed by atoms with Crippen LogP contribution < -0.4 is 4.90 Å². The van der Waals surface area contributed by atoms with E-state index in [1.54, 1.807) is 0 Å². The van der Waals surface area contributed by atoms with E-state index in [1.807, 2.05) is 32.0 Å². The minimum Gasteiger partial charge on any atom is -0.469 e. The molecule has 122 valence electrons. The van der Waals surface area contributed by atoms with Gasteiger partial charge in [-0.15, -0.1) is 0 Å². The summed E-state index contributed by atoms with van der Waals surface area (Å²) >= 11 is 0. The fourth-order valence-corrected chi connectivity index (χ4v) is 2.23. The Hall–Kier alpha value is -1.92. The Morgan fingerprint density at radius 3 is 2.09 bits per heavy atom. The minimum atomic E-state index is -0.583. The number of carbonyl (C=O) groups excluding carboxylic acids is 2. The first-order chi connectivity index (χ1) is 10.4. The molecular formula is C16H23NO5. The highest BCUT2D eigenvalue weighted by Gasteiger charge is 2.25. The number of methoxy groups -OCH3 is 3. The molecule has 1 rings (SSSR count). The molecule has 1 aromatic carbocycles. The van der Waals surface area contributed by atoms with Gasteiger partial charge in [-0.3, -0.25) is 9.59 Å².